The number of rotatable bonds is 3. The molecule has 0 radical (unpaired) electrons. The fourth-order valence-electron chi connectivity index (χ4n) is 2.15. The van der Waals surface area contributed by atoms with Gasteiger partial charge in [-0.3, -0.25) is 0 Å². The second-order valence-electron chi connectivity index (χ2n) is 5.17. The molecule has 2 aromatic rings. The normalized spacial score (nSPS) is 10.9. The zero-order valence-corrected chi connectivity index (χ0v) is 14.1. The fourth-order valence-corrected chi connectivity index (χ4v) is 2.66. The van der Waals surface area contributed by atoms with Crippen molar-refractivity contribution in [2.75, 3.05) is 11.1 Å². The van der Waals surface area contributed by atoms with Gasteiger partial charge in [-0.05, 0) is 52.0 Å². The van der Waals surface area contributed by atoms with E-state index in [-0.39, 0.29) is 0 Å². The fraction of sp³-hybridized carbons (Fsp3) is 0.250. The van der Waals surface area contributed by atoms with Gasteiger partial charge in [0.05, 0.1) is 16.4 Å². The molecule has 2 nitrogen and oxygen atoms in total. The molecule has 2 aromatic carbocycles. The molecule has 2 rings (SSSR count). The van der Waals surface area contributed by atoms with E-state index in [2.05, 4.69) is 60.2 Å². The van der Waals surface area contributed by atoms with Crippen molar-refractivity contribution >= 4 is 44.6 Å². The van der Waals surface area contributed by atoms with Crippen LogP contribution in [0.4, 0.5) is 17.1 Å². The molecule has 3 N–H and O–H groups in total. The molecular formula is C16H18BrClN2. The van der Waals surface area contributed by atoms with Crippen LogP contribution in [-0.2, 0) is 0 Å². The van der Waals surface area contributed by atoms with Crippen molar-refractivity contribution < 1.29 is 0 Å². The Morgan fingerprint density at radius 2 is 1.95 bits per heavy atom. The van der Waals surface area contributed by atoms with Crippen LogP contribution in [0, 0.1) is 6.92 Å². The molecule has 0 saturated heterocycles. The maximum absolute atomic E-state index is 6.05. The molecule has 106 valence electrons. The summed E-state index contributed by atoms with van der Waals surface area (Å²) in [7, 11) is 0. The lowest BCUT2D eigenvalue weighted by atomic mass is 9.98. The van der Waals surface area contributed by atoms with Crippen molar-refractivity contribution in [3.05, 3.63) is 51.0 Å². The number of anilines is 3. The number of nitrogens with one attached hydrogen (secondary N) is 1. The van der Waals surface area contributed by atoms with Gasteiger partial charge < -0.3 is 11.1 Å². The van der Waals surface area contributed by atoms with Crippen molar-refractivity contribution in [1.82, 2.24) is 0 Å². The van der Waals surface area contributed by atoms with E-state index in [1.54, 1.807) is 6.07 Å². The Labute approximate surface area is 133 Å². The van der Waals surface area contributed by atoms with Gasteiger partial charge in [0.15, 0.2) is 0 Å². The van der Waals surface area contributed by atoms with Crippen molar-refractivity contribution in [1.29, 1.82) is 0 Å². The Hall–Kier alpha value is -1.19. The van der Waals surface area contributed by atoms with Gasteiger partial charge in [-0.2, -0.15) is 0 Å². The Kier molecular flexibility index (Phi) is 4.61. The maximum Gasteiger partial charge on any atom is 0.0630 e. The van der Waals surface area contributed by atoms with E-state index in [0.717, 1.165) is 15.8 Å². The molecule has 20 heavy (non-hydrogen) atoms. The summed E-state index contributed by atoms with van der Waals surface area (Å²) in [6.45, 7) is 6.46. The summed E-state index contributed by atoms with van der Waals surface area (Å²) in [4.78, 5) is 0. The quantitative estimate of drug-likeness (QED) is 0.678. The minimum Gasteiger partial charge on any atom is -0.397 e. The third-order valence-electron chi connectivity index (χ3n) is 3.28. The first-order valence-electron chi connectivity index (χ1n) is 6.51. The lowest BCUT2D eigenvalue weighted by Crippen LogP contribution is -2.02. The monoisotopic (exact) mass is 352 g/mol. The lowest BCUT2D eigenvalue weighted by Gasteiger charge is -2.18. The number of aryl methyl sites for hydroxylation is 1. The van der Waals surface area contributed by atoms with E-state index in [1.807, 2.05) is 6.07 Å². The lowest BCUT2D eigenvalue weighted by molar-refractivity contribution is 0.867. The highest BCUT2D eigenvalue weighted by Crippen LogP contribution is 2.36. The molecule has 0 bridgehead atoms. The van der Waals surface area contributed by atoms with E-state index >= 15 is 0 Å². The van der Waals surface area contributed by atoms with E-state index in [9.17, 15) is 0 Å². The van der Waals surface area contributed by atoms with Gasteiger partial charge in [0.1, 0.15) is 0 Å². The van der Waals surface area contributed by atoms with Crippen molar-refractivity contribution in [2.24, 2.45) is 0 Å². The largest absolute Gasteiger partial charge is 0.397 e. The molecule has 0 aliphatic rings. The van der Waals surface area contributed by atoms with Gasteiger partial charge >= 0.3 is 0 Å². The molecule has 0 aliphatic heterocycles. The van der Waals surface area contributed by atoms with E-state index in [4.69, 9.17) is 17.3 Å². The van der Waals surface area contributed by atoms with Gasteiger partial charge in [-0.1, -0.05) is 43.6 Å². The van der Waals surface area contributed by atoms with Crippen LogP contribution in [0.15, 0.2) is 34.8 Å². The average molecular weight is 354 g/mol. The van der Waals surface area contributed by atoms with Crippen LogP contribution in [0.2, 0.25) is 5.02 Å². The zero-order chi connectivity index (χ0) is 14.9. The van der Waals surface area contributed by atoms with Crippen LogP contribution in [0.5, 0.6) is 0 Å². The summed E-state index contributed by atoms with van der Waals surface area (Å²) in [5.41, 5.74) is 11.1. The second-order valence-corrected chi connectivity index (χ2v) is 6.43. The Morgan fingerprint density at radius 1 is 1.25 bits per heavy atom. The van der Waals surface area contributed by atoms with Crippen molar-refractivity contribution in [3.63, 3.8) is 0 Å². The first kappa shape index (κ1) is 15.2. The van der Waals surface area contributed by atoms with Crippen LogP contribution in [-0.4, -0.2) is 0 Å². The minimum atomic E-state index is 0.439. The van der Waals surface area contributed by atoms with Crippen molar-refractivity contribution in [3.8, 4) is 0 Å². The first-order chi connectivity index (χ1) is 9.40. The molecular weight excluding hydrogens is 336 g/mol. The molecule has 0 aliphatic carbocycles. The van der Waals surface area contributed by atoms with E-state index < -0.39 is 0 Å². The standard InChI is InChI=1S/C16H18BrClN2/c1-9(2)11-6-4-5-10(3)16(11)20-15-7-12(17)13(18)8-14(15)19/h4-9,20H,19H2,1-3H3. The van der Waals surface area contributed by atoms with Gasteiger partial charge in [-0.15, -0.1) is 0 Å². The Morgan fingerprint density at radius 3 is 2.60 bits per heavy atom. The van der Waals surface area contributed by atoms with Crippen LogP contribution >= 0.6 is 27.5 Å². The molecule has 0 spiro atoms. The summed E-state index contributed by atoms with van der Waals surface area (Å²) in [5, 5.41) is 4.06. The number of nitrogen functional groups attached to an aromatic ring is 1. The van der Waals surface area contributed by atoms with Crippen LogP contribution < -0.4 is 11.1 Å². The molecule has 0 fully saturated rings. The van der Waals surface area contributed by atoms with Gasteiger partial charge in [0, 0.05) is 10.2 Å². The SMILES string of the molecule is Cc1cccc(C(C)C)c1Nc1cc(Br)c(Cl)cc1N. The van der Waals surface area contributed by atoms with Gasteiger partial charge in [0.25, 0.3) is 0 Å². The summed E-state index contributed by atoms with van der Waals surface area (Å²) >= 11 is 9.48. The van der Waals surface area contributed by atoms with E-state index in [1.165, 1.54) is 11.1 Å². The highest BCUT2D eigenvalue weighted by Gasteiger charge is 2.11. The molecule has 0 amide bonds. The molecule has 4 heteroatoms. The highest BCUT2D eigenvalue weighted by atomic mass is 79.9. The smallest absolute Gasteiger partial charge is 0.0630 e. The van der Waals surface area contributed by atoms with Gasteiger partial charge in [0.2, 0.25) is 0 Å². The summed E-state index contributed by atoms with van der Waals surface area (Å²) < 4.78 is 0.829. The third-order valence-corrected chi connectivity index (χ3v) is 4.48. The molecule has 0 aromatic heterocycles. The third kappa shape index (κ3) is 3.10. The number of hydrogen-bond acceptors (Lipinski definition) is 2. The Bertz CT molecular complexity index is 639. The minimum absolute atomic E-state index is 0.439. The average Bonchev–Trinajstić information content (AvgIpc) is 2.37. The Balaban J connectivity index is 2.47. The second kappa shape index (κ2) is 6.06. The number of nitrogens with two attached hydrogens (primary N) is 1. The van der Waals surface area contributed by atoms with Gasteiger partial charge in [-0.25, -0.2) is 0 Å². The number of hydrogen-bond donors (Lipinski definition) is 2. The number of benzene rings is 2. The predicted molar refractivity (Wildman–Crippen MR) is 92.1 cm³/mol. The maximum atomic E-state index is 6.05. The molecule has 0 atom stereocenters. The summed E-state index contributed by atoms with van der Waals surface area (Å²) in [6.07, 6.45) is 0. The zero-order valence-electron chi connectivity index (χ0n) is 11.8. The number of halogens is 2. The van der Waals surface area contributed by atoms with Crippen LogP contribution in [0.25, 0.3) is 0 Å². The summed E-state index contributed by atoms with van der Waals surface area (Å²) in [6, 6.07) is 9.98. The molecule has 0 unspecified atom stereocenters. The van der Waals surface area contributed by atoms with Crippen LogP contribution in [0.3, 0.4) is 0 Å². The predicted octanol–water partition coefficient (Wildman–Crippen LogP) is 5.86. The summed E-state index contributed by atoms with van der Waals surface area (Å²) in [5.74, 6) is 0.439. The molecule has 0 heterocycles. The van der Waals surface area contributed by atoms with Crippen LogP contribution in [0.1, 0.15) is 30.9 Å². The molecule has 0 saturated carbocycles. The highest BCUT2D eigenvalue weighted by molar-refractivity contribution is 9.10. The number of para-hydroxylation sites is 1. The van der Waals surface area contributed by atoms with E-state index in [0.29, 0.717) is 16.6 Å². The topological polar surface area (TPSA) is 38.0 Å². The van der Waals surface area contributed by atoms with Crippen molar-refractivity contribution in [2.45, 2.75) is 26.7 Å². The first-order valence-corrected chi connectivity index (χ1v) is 7.68.